The van der Waals surface area contributed by atoms with Gasteiger partial charge in [0.15, 0.2) is 11.5 Å². The zero-order chi connectivity index (χ0) is 13.8. The maximum Gasteiger partial charge on any atom is 0.165 e. The lowest BCUT2D eigenvalue weighted by Gasteiger charge is -2.13. The van der Waals surface area contributed by atoms with E-state index in [-0.39, 0.29) is 20.9 Å². The van der Waals surface area contributed by atoms with Gasteiger partial charge in [0, 0.05) is 5.30 Å². The Bertz CT molecular complexity index is 582. The molecule has 1 unspecified atom stereocenters. The molecule has 100 valence electrons. The highest BCUT2D eigenvalue weighted by molar-refractivity contribution is 7.56. The fourth-order valence-electron chi connectivity index (χ4n) is 1.96. The molecule has 2 rings (SSSR count). The molecule has 2 aromatic rings. The number of rotatable bonds is 4. The van der Waals surface area contributed by atoms with Gasteiger partial charge in [-0.2, -0.15) is 0 Å². The Balaban J connectivity index is 2.42. The Hall–Kier alpha value is -1.57. The number of hydrogen-bond acceptors (Lipinski definition) is 3. The van der Waals surface area contributed by atoms with Gasteiger partial charge in [0.1, 0.15) is 0 Å². The number of hydrogen-bond donors (Lipinski definition) is 2. The van der Waals surface area contributed by atoms with E-state index in [0.29, 0.717) is 5.75 Å². The van der Waals surface area contributed by atoms with Gasteiger partial charge in [0.05, 0.1) is 13.7 Å². The summed E-state index contributed by atoms with van der Waals surface area (Å²) in [5, 5.41) is 21.4. The van der Waals surface area contributed by atoms with E-state index in [1.54, 1.807) is 6.07 Å². The second-order valence-electron chi connectivity index (χ2n) is 4.25. The average Bonchev–Trinajstić information content (AvgIpc) is 2.43. The maximum absolute atomic E-state index is 10.1. The molecule has 0 heterocycles. The molecule has 2 N–H and O–H groups in total. The number of para-hydroxylation sites is 1. The van der Waals surface area contributed by atoms with E-state index in [2.05, 4.69) is 0 Å². The van der Waals surface area contributed by atoms with Gasteiger partial charge < -0.3 is 14.9 Å². The van der Waals surface area contributed by atoms with Crippen LogP contribution in [0.25, 0.3) is 0 Å². The van der Waals surface area contributed by atoms with Gasteiger partial charge in [-0.25, -0.2) is 0 Å². The zero-order valence-corrected chi connectivity index (χ0v) is 12.0. The highest BCUT2D eigenvalue weighted by Gasteiger charge is 2.11. The molecule has 0 bridgehead atoms. The summed E-state index contributed by atoms with van der Waals surface area (Å²) in [5.74, 6) is 0.652. The number of aryl methyl sites for hydroxylation is 1. The highest BCUT2D eigenvalue weighted by atomic mass is 31.1. The summed E-state index contributed by atoms with van der Waals surface area (Å²) >= 11 is 0. The van der Waals surface area contributed by atoms with Crippen molar-refractivity contribution in [3.05, 3.63) is 47.5 Å². The van der Waals surface area contributed by atoms with Crippen molar-refractivity contribution in [3.63, 3.8) is 0 Å². The Morgan fingerprint density at radius 2 is 1.89 bits per heavy atom. The van der Waals surface area contributed by atoms with Crippen LogP contribution in [0.5, 0.6) is 11.5 Å². The number of benzene rings is 2. The number of phenols is 1. The lowest BCUT2D eigenvalue weighted by atomic mass is 10.1. The van der Waals surface area contributed by atoms with Gasteiger partial charge in [-0.05, 0) is 29.4 Å². The van der Waals surface area contributed by atoms with Gasteiger partial charge in [-0.1, -0.05) is 38.9 Å². The second-order valence-corrected chi connectivity index (χ2v) is 5.54. The summed E-state index contributed by atoms with van der Waals surface area (Å²) in [6.45, 7) is 2.02. The van der Waals surface area contributed by atoms with Crippen molar-refractivity contribution in [2.75, 3.05) is 7.11 Å². The first-order valence-corrected chi connectivity index (χ1v) is 6.99. The number of phenolic OH excluding ortho intramolecular Hbond substituents is 1. The van der Waals surface area contributed by atoms with Crippen LogP contribution in [-0.4, -0.2) is 17.3 Å². The first-order valence-electron chi connectivity index (χ1n) is 5.99. The quantitative estimate of drug-likeness (QED) is 0.838. The molecule has 0 amide bonds. The van der Waals surface area contributed by atoms with Crippen LogP contribution >= 0.6 is 8.58 Å². The lowest BCUT2D eigenvalue weighted by molar-refractivity contribution is 0.283. The Morgan fingerprint density at radius 1 is 1.16 bits per heavy atom. The second kappa shape index (κ2) is 6.05. The smallest absolute Gasteiger partial charge is 0.165 e. The van der Waals surface area contributed by atoms with Crippen LogP contribution in [0, 0.1) is 6.92 Å². The van der Waals surface area contributed by atoms with Crippen LogP contribution in [-0.2, 0) is 6.61 Å². The molecule has 0 saturated heterocycles. The molecule has 19 heavy (non-hydrogen) atoms. The summed E-state index contributed by atoms with van der Waals surface area (Å²) in [4.78, 5) is 0. The normalized spacial score (nSPS) is 11.1. The van der Waals surface area contributed by atoms with Gasteiger partial charge in [-0.15, -0.1) is 0 Å². The fraction of sp³-hybridized carbons (Fsp3) is 0.200. The third kappa shape index (κ3) is 2.89. The van der Waals surface area contributed by atoms with Gasteiger partial charge in [0.25, 0.3) is 0 Å². The topological polar surface area (TPSA) is 49.7 Å². The number of aliphatic hydroxyl groups is 1. The van der Waals surface area contributed by atoms with Crippen LogP contribution < -0.4 is 15.3 Å². The summed E-state index contributed by atoms with van der Waals surface area (Å²) in [5.41, 5.74) is 2.02. The largest absolute Gasteiger partial charge is 0.504 e. The maximum atomic E-state index is 10.1. The molecule has 2 aromatic carbocycles. The van der Waals surface area contributed by atoms with Crippen molar-refractivity contribution >= 4 is 19.2 Å². The van der Waals surface area contributed by atoms with Crippen molar-refractivity contribution in [2.24, 2.45) is 0 Å². The first-order chi connectivity index (χ1) is 9.17. The summed E-state index contributed by atoms with van der Waals surface area (Å²) < 4.78 is 5.12. The SMILES string of the molecule is COc1cccc(Pc2c(C)cccc2CO)c1O. The third-order valence-electron chi connectivity index (χ3n) is 3.01. The Labute approximate surface area is 114 Å². The van der Waals surface area contributed by atoms with Crippen LogP contribution in [0.3, 0.4) is 0 Å². The first kappa shape index (κ1) is 13.9. The monoisotopic (exact) mass is 276 g/mol. The van der Waals surface area contributed by atoms with Crippen molar-refractivity contribution in [1.29, 1.82) is 0 Å². The average molecular weight is 276 g/mol. The van der Waals surface area contributed by atoms with E-state index >= 15 is 0 Å². The Kier molecular flexibility index (Phi) is 4.41. The van der Waals surface area contributed by atoms with Crippen molar-refractivity contribution in [2.45, 2.75) is 13.5 Å². The number of methoxy groups -OCH3 is 1. The highest BCUT2D eigenvalue weighted by Crippen LogP contribution is 2.29. The fourth-order valence-corrected chi connectivity index (χ4v) is 3.26. The molecule has 0 aliphatic rings. The molecule has 1 atom stereocenters. The predicted molar refractivity (Wildman–Crippen MR) is 79.3 cm³/mol. The van der Waals surface area contributed by atoms with Crippen molar-refractivity contribution in [3.8, 4) is 11.5 Å². The predicted octanol–water partition coefficient (Wildman–Crippen LogP) is 1.83. The molecule has 3 nitrogen and oxygen atoms in total. The molecule has 0 radical (unpaired) electrons. The minimum atomic E-state index is 0.00867. The molecule has 4 heteroatoms. The zero-order valence-electron chi connectivity index (χ0n) is 11.0. The molecular formula is C15H17O3P. The molecule has 0 aromatic heterocycles. The molecule has 0 aliphatic heterocycles. The molecule has 0 spiro atoms. The third-order valence-corrected chi connectivity index (χ3v) is 4.65. The van der Waals surface area contributed by atoms with E-state index in [1.165, 1.54) is 7.11 Å². The van der Waals surface area contributed by atoms with E-state index in [1.807, 2.05) is 37.3 Å². The van der Waals surface area contributed by atoms with Gasteiger partial charge >= 0.3 is 0 Å². The minimum Gasteiger partial charge on any atom is -0.504 e. The number of aliphatic hydroxyl groups excluding tert-OH is 1. The summed E-state index contributed by atoms with van der Waals surface area (Å²) in [7, 11) is 1.83. The Morgan fingerprint density at radius 3 is 2.58 bits per heavy atom. The minimum absolute atomic E-state index is 0.00867. The number of ether oxygens (including phenoxy) is 1. The van der Waals surface area contributed by atoms with Crippen LogP contribution in [0.15, 0.2) is 36.4 Å². The molecule has 0 aliphatic carbocycles. The van der Waals surface area contributed by atoms with Crippen LogP contribution in [0.2, 0.25) is 0 Å². The standard InChI is InChI=1S/C15H17O3P/c1-10-5-3-6-11(9-16)15(10)19-13-8-4-7-12(18-2)14(13)17/h3-8,16-17,19H,9H2,1-2H3. The van der Waals surface area contributed by atoms with Gasteiger partial charge in [0.2, 0.25) is 0 Å². The van der Waals surface area contributed by atoms with Crippen molar-refractivity contribution in [1.82, 2.24) is 0 Å². The van der Waals surface area contributed by atoms with Crippen LogP contribution in [0.1, 0.15) is 11.1 Å². The van der Waals surface area contributed by atoms with Gasteiger partial charge in [-0.3, -0.25) is 0 Å². The summed E-state index contributed by atoms with van der Waals surface area (Å²) in [6.07, 6.45) is 0. The van der Waals surface area contributed by atoms with E-state index in [4.69, 9.17) is 4.74 Å². The van der Waals surface area contributed by atoms with E-state index in [0.717, 1.165) is 21.7 Å². The molecule has 0 saturated carbocycles. The molecular weight excluding hydrogens is 259 g/mol. The summed E-state index contributed by atoms with van der Waals surface area (Å²) in [6, 6.07) is 11.3. The van der Waals surface area contributed by atoms with E-state index < -0.39 is 0 Å². The van der Waals surface area contributed by atoms with Crippen LogP contribution in [0.4, 0.5) is 0 Å². The number of aromatic hydroxyl groups is 1. The molecule has 0 fully saturated rings. The lowest BCUT2D eigenvalue weighted by Crippen LogP contribution is -2.13. The van der Waals surface area contributed by atoms with Crippen molar-refractivity contribution < 1.29 is 14.9 Å². The van der Waals surface area contributed by atoms with E-state index in [9.17, 15) is 10.2 Å².